The second-order valence-corrected chi connectivity index (χ2v) is 4.12. The molecule has 2 aliphatic carbocycles. The number of cyclic esters (lactones) is 1. The highest BCUT2D eigenvalue weighted by molar-refractivity contribution is 5.95. The van der Waals surface area contributed by atoms with Crippen LogP contribution in [0.4, 0.5) is 0 Å². The SMILES string of the molecule is C=C1OC(=O)C2=C1CC1(CC1)C2. The van der Waals surface area contributed by atoms with Crippen LogP contribution in [0.3, 0.4) is 0 Å². The normalized spacial score (nSPS) is 29.7. The van der Waals surface area contributed by atoms with Crippen molar-refractivity contribution in [2.45, 2.75) is 25.7 Å². The third-order valence-electron chi connectivity index (χ3n) is 3.22. The van der Waals surface area contributed by atoms with Gasteiger partial charge in [0.15, 0.2) is 0 Å². The van der Waals surface area contributed by atoms with E-state index in [1.807, 2.05) is 0 Å². The van der Waals surface area contributed by atoms with E-state index in [-0.39, 0.29) is 5.97 Å². The maximum absolute atomic E-state index is 11.2. The van der Waals surface area contributed by atoms with Gasteiger partial charge in [0.2, 0.25) is 0 Å². The van der Waals surface area contributed by atoms with Gasteiger partial charge in [0.1, 0.15) is 5.76 Å². The molecule has 0 radical (unpaired) electrons. The van der Waals surface area contributed by atoms with E-state index in [0.29, 0.717) is 11.2 Å². The molecule has 0 atom stereocenters. The Hall–Kier alpha value is -1.05. The molecule has 0 N–H and O–H groups in total. The number of hydrogen-bond donors (Lipinski definition) is 0. The number of hydrogen-bond acceptors (Lipinski definition) is 2. The highest BCUT2D eigenvalue weighted by Gasteiger charge is 2.52. The zero-order chi connectivity index (χ0) is 8.34. The molecule has 0 saturated heterocycles. The minimum atomic E-state index is -0.140. The summed E-state index contributed by atoms with van der Waals surface area (Å²) >= 11 is 0. The highest BCUT2D eigenvalue weighted by Crippen LogP contribution is 2.62. The van der Waals surface area contributed by atoms with E-state index < -0.39 is 0 Å². The average Bonchev–Trinajstić information content (AvgIpc) is 2.53. The molecule has 3 aliphatic rings. The molecule has 1 aliphatic heterocycles. The fourth-order valence-corrected chi connectivity index (χ4v) is 2.25. The number of rotatable bonds is 0. The van der Waals surface area contributed by atoms with Crippen LogP contribution in [-0.2, 0) is 9.53 Å². The summed E-state index contributed by atoms with van der Waals surface area (Å²) in [5, 5.41) is 0. The van der Waals surface area contributed by atoms with E-state index in [1.165, 1.54) is 12.8 Å². The standard InChI is InChI=1S/C10H10O2/c1-6-7-4-10(2-3-10)5-8(7)9(11)12-6/h1-5H2. The van der Waals surface area contributed by atoms with Crippen molar-refractivity contribution in [1.82, 2.24) is 0 Å². The van der Waals surface area contributed by atoms with E-state index in [4.69, 9.17) is 4.74 Å². The van der Waals surface area contributed by atoms with Gasteiger partial charge in [-0.25, -0.2) is 4.79 Å². The topological polar surface area (TPSA) is 26.3 Å². The van der Waals surface area contributed by atoms with Gasteiger partial charge in [0.25, 0.3) is 0 Å². The van der Waals surface area contributed by atoms with E-state index in [9.17, 15) is 4.79 Å². The lowest BCUT2D eigenvalue weighted by Gasteiger charge is -2.08. The lowest BCUT2D eigenvalue weighted by Crippen LogP contribution is -2.03. The van der Waals surface area contributed by atoms with Crippen LogP contribution in [0.15, 0.2) is 23.5 Å². The maximum Gasteiger partial charge on any atom is 0.339 e. The van der Waals surface area contributed by atoms with Crippen LogP contribution in [0.5, 0.6) is 0 Å². The van der Waals surface area contributed by atoms with E-state index in [1.54, 1.807) is 0 Å². The van der Waals surface area contributed by atoms with Crippen LogP contribution >= 0.6 is 0 Å². The van der Waals surface area contributed by atoms with Crippen LogP contribution in [0, 0.1) is 5.41 Å². The number of ether oxygens (including phenoxy) is 1. The fraction of sp³-hybridized carbons (Fsp3) is 0.500. The molecule has 0 unspecified atom stereocenters. The monoisotopic (exact) mass is 162 g/mol. The summed E-state index contributed by atoms with van der Waals surface area (Å²) < 4.78 is 4.94. The summed E-state index contributed by atoms with van der Waals surface area (Å²) in [6.45, 7) is 3.74. The van der Waals surface area contributed by atoms with E-state index >= 15 is 0 Å². The molecule has 1 fully saturated rings. The molecule has 0 amide bonds. The van der Waals surface area contributed by atoms with Crippen LogP contribution in [0.1, 0.15) is 25.7 Å². The summed E-state index contributed by atoms with van der Waals surface area (Å²) in [4.78, 5) is 11.2. The number of carbonyl (C=O) groups is 1. The predicted molar refractivity (Wildman–Crippen MR) is 43.2 cm³/mol. The molecule has 1 heterocycles. The zero-order valence-corrected chi connectivity index (χ0v) is 6.85. The smallest absolute Gasteiger partial charge is 0.339 e. The first-order valence-corrected chi connectivity index (χ1v) is 4.34. The van der Waals surface area contributed by atoms with Gasteiger partial charge in [-0.05, 0) is 31.1 Å². The minimum Gasteiger partial charge on any atom is -0.423 e. The van der Waals surface area contributed by atoms with Crippen molar-refractivity contribution in [1.29, 1.82) is 0 Å². The van der Waals surface area contributed by atoms with Crippen LogP contribution in [0.2, 0.25) is 0 Å². The molecule has 0 bridgehead atoms. The molecule has 2 nitrogen and oxygen atoms in total. The van der Waals surface area contributed by atoms with Crippen molar-refractivity contribution in [2.75, 3.05) is 0 Å². The van der Waals surface area contributed by atoms with E-state index in [0.717, 1.165) is 24.0 Å². The maximum atomic E-state index is 11.2. The van der Waals surface area contributed by atoms with Crippen LogP contribution in [-0.4, -0.2) is 5.97 Å². The van der Waals surface area contributed by atoms with Gasteiger partial charge in [0, 0.05) is 11.1 Å². The quantitative estimate of drug-likeness (QED) is 0.509. The first kappa shape index (κ1) is 6.46. The Morgan fingerprint density at radius 2 is 1.92 bits per heavy atom. The summed E-state index contributed by atoms with van der Waals surface area (Å²) in [5.41, 5.74) is 2.49. The van der Waals surface area contributed by atoms with Crippen LogP contribution < -0.4 is 0 Å². The van der Waals surface area contributed by atoms with Gasteiger partial charge in [-0.15, -0.1) is 0 Å². The molecule has 62 valence electrons. The summed E-state index contributed by atoms with van der Waals surface area (Å²) in [7, 11) is 0. The number of esters is 1. The highest BCUT2D eigenvalue weighted by atomic mass is 16.5. The molecule has 0 aromatic carbocycles. The van der Waals surface area contributed by atoms with Crippen molar-refractivity contribution in [2.24, 2.45) is 5.41 Å². The molecule has 2 heteroatoms. The fourth-order valence-electron chi connectivity index (χ4n) is 2.25. The second-order valence-electron chi connectivity index (χ2n) is 4.12. The van der Waals surface area contributed by atoms with Gasteiger partial charge in [0.05, 0.1) is 0 Å². The Morgan fingerprint density at radius 1 is 1.25 bits per heavy atom. The summed E-state index contributed by atoms with van der Waals surface area (Å²) in [5.74, 6) is 0.470. The Labute approximate surface area is 70.9 Å². The van der Waals surface area contributed by atoms with E-state index in [2.05, 4.69) is 6.58 Å². The van der Waals surface area contributed by atoms with Gasteiger partial charge in [-0.3, -0.25) is 0 Å². The molecule has 1 spiro atoms. The zero-order valence-electron chi connectivity index (χ0n) is 6.85. The Morgan fingerprint density at radius 3 is 2.50 bits per heavy atom. The first-order chi connectivity index (χ1) is 5.70. The Bertz CT molecular complexity index is 304. The van der Waals surface area contributed by atoms with Gasteiger partial charge >= 0.3 is 5.97 Å². The third kappa shape index (κ3) is 0.631. The van der Waals surface area contributed by atoms with Crippen molar-refractivity contribution in [3.8, 4) is 0 Å². The number of carbonyl (C=O) groups excluding carboxylic acids is 1. The minimum absolute atomic E-state index is 0.140. The van der Waals surface area contributed by atoms with Gasteiger partial charge < -0.3 is 4.74 Å². The van der Waals surface area contributed by atoms with Crippen molar-refractivity contribution < 1.29 is 9.53 Å². The molecule has 3 rings (SSSR count). The molecule has 1 saturated carbocycles. The molecule has 12 heavy (non-hydrogen) atoms. The van der Waals surface area contributed by atoms with Crippen molar-refractivity contribution in [3.63, 3.8) is 0 Å². The summed E-state index contributed by atoms with van der Waals surface area (Å²) in [6.07, 6.45) is 4.54. The van der Waals surface area contributed by atoms with Crippen molar-refractivity contribution in [3.05, 3.63) is 23.5 Å². The summed E-state index contributed by atoms with van der Waals surface area (Å²) in [6, 6.07) is 0. The molecular weight excluding hydrogens is 152 g/mol. The molecule has 0 aromatic heterocycles. The van der Waals surface area contributed by atoms with Crippen molar-refractivity contribution >= 4 is 5.97 Å². The van der Waals surface area contributed by atoms with Crippen LogP contribution in [0.25, 0.3) is 0 Å². The predicted octanol–water partition coefficient (Wildman–Crippen LogP) is 1.93. The molecular formula is C10H10O2. The van der Waals surface area contributed by atoms with Gasteiger partial charge in [-0.1, -0.05) is 6.58 Å². The third-order valence-corrected chi connectivity index (χ3v) is 3.22. The van der Waals surface area contributed by atoms with Gasteiger partial charge in [-0.2, -0.15) is 0 Å². The lowest BCUT2D eigenvalue weighted by molar-refractivity contribution is -0.133. The number of allylic oxidation sites excluding steroid dienone is 1. The second kappa shape index (κ2) is 1.65. The lowest BCUT2D eigenvalue weighted by atomic mass is 10.0. The first-order valence-electron chi connectivity index (χ1n) is 4.34. The largest absolute Gasteiger partial charge is 0.423 e. The molecule has 0 aromatic rings. The Kier molecular flexibility index (Phi) is 0.891. The Balaban J connectivity index is 2.02. The average molecular weight is 162 g/mol.